The summed E-state index contributed by atoms with van der Waals surface area (Å²) in [5, 5.41) is 1.22. The Morgan fingerprint density at radius 1 is 1.73 bits per heavy atom. The van der Waals surface area contributed by atoms with E-state index in [1.54, 1.807) is 7.05 Å². The number of nitrogens with zero attached hydrogens (tertiary/aromatic N) is 1. The number of hydroxylamine groups is 2. The molecule has 1 amide bonds. The fraction of sp³-hybridized carbons (Fsp3) is 0.857. The van der Waals surface area contributed by atoms with Crippen molar-refractivity contribution in [2.24, 2.45) is 11.7 Å². The molecule has 4 heteroatoms. The van der Waals surface area contributed by atoms with Crippen molar-refractivity contribution in [2.45, 2.75) is 13.3 Å². The largest absolute Gasteiger partial charge is 0.330 e. The third kappa shape index (κ3) is 3.34. The van der Waals surface area contributed by atoms with Crippen LogP contribution in [0.3, 0.4) is 0 Å². The van der Waals surface area contributed by atoms with Gasteiger partial charge in [0.1, 0.15) is 0 Å². The average molecular weight is 160 g/mol. The van der Waals surface area contributed by atoms with Crippen molar-refractivity contribution in [1.82, 2.24) is 5.06 Å². The third-order valence-corrected chi connectivity index (χ3v) is 1.61. The number of carbonyl (C=O) groups excluding carboxylic acids is 1. The lowest BCUT2D eigenvalue weighted by Gasteiger charge is -2.17. The number of rotatable bonds is 4. The van der Waals surface area contributed by atoms with E-state index in [4.69, 9.17) is 10.6 Å². The van der Waals surface area contributed by atoms with Crippen molar-refractivity contribution in [2.75, 3.05) is 20.7 Å². The maximum Gasteiger partial charge on any atom is 0.248 e. The second kappa shape index (κ2) is 5.09. The van der Waals surface area contributed by atoms with E-state index >= 15 is 0 Å². The Morgan fingerprint density at radius 3 is 2.64 bits per heavy atom. The molecule has 0 aromatic rings. The van der Waals surface area contributed by atoms with Crippen LogP contribution in [0.2, 0.25) is 0 Å². The van der Waals surface area contributed by atoms with Crippen molar-refractivity contribution in [3.8, 4) is 0 Å². The maximum atomic E-state index is 11.2. The molecule has 0 saturated heterocycles. The van der Waals surface area contributed by atoms with Crippen LogP contribution in [0.4, 0.5) is 0 Å². The predicted octanol–water partition coefficient (Wildman–Crippen LogP) is -0.00890. The highest BCUT2D eigenvalue weighted by Crippen LogP contribution is 2.04. The molecule has 0 radical (unpaired) electrons. The Kier molecular flexibility index (Phi) is 4.81. The molecule has 0 aromatic carbocycles. The van der Waals surface area contributed by atoms with Crippen molar-refractivity contribution < 1.29 is 9.63 Å². The SMILES string of the molecule is CON(C)C(=O)C(C)CCN. The van der Waals surface area contributed by atoms with Gasteiger partial charge in [-0.05, 0) is 13.0 Å². The molecule has 0 aliphatic heterocycles. The van der Waals surface area contributed by atoms with Crippen molar-refractivity contribution in [3.63, 3.8) is 0 Å². The summed E-state index contributed by atoms with van der Waals surface area (Å²) >= 11 is 0. The molecule has 0 bridgehead atoms. The summed E-state index contributed by atoms with van der Waals surface area (Å²) in [5.74, 6) is -0.0806. The molecule has 0 aliphatic carbocycles. The van der Waals surface area contributed by atoms with Gasteiger partial charge < -0.3 is 5.73 Å². The Morgan fingerprint density at radius 2 is 2.27 bits per heavy atom. The van der Waals surface area contributed by atoms with Crippen LogP contribution in [-0.4, -0.2) is 31.7 Å². The van der Waals surface area contributed by atoms with E-state index in [1.165, 1.54) is 12.2 Å². The van der Waals surface area contributed by atoms with E-state index in [0.29, 0.717) is 13.0 Å². The van der Waals surface area contributed by atoms with Gasteiger partial charge in [-0.2, -0.15) is 0 Å². The molecule has 4 nitrogen and oxygen atoms in total. The molecule has 66 valence electrons. The van der Waals surface area contributed by atoms with Crippen LogP contribution in [0.5, 0.6) is 0 Å². The molecule has 0 saturated carbocycles. The van der Waals surface area contributed by atoms with Crippen molar-refractivity contribution >= 4 is 5.91 Å². The monoisotopic (exact) mass is 160 g/mol. The Bertz CT molecular complexity index is 128. The number of amides is 1. The van der Waals surface area contributed by atoms with Gasteiger partial charge in [-0.25, -0.2) is 5.06 Å². The van der Waals surface area contributed by atoms with Gasteiger partial charge in [-0.15, -0.1) is 0 Å². The first-order valence-electron chi connectivity index (χ1n) is 3.65. The van der Waals surface area contributed by atoms with Gasteiger partial charge in [0.25, 0.3) is 0 Å². The van der Waals surface area contributed by atoms with Crippen molar-refractivity contribution in [3.05, 3.63) is 0 Å². The second-order valence-corrected chi connectivity index (χ2v) is 2.50. The van der Waals surface area contributed by atoms with Gasteiger partial charge in [-0.1, -0.05) is 6.92 Å². The van der Waals surface area contributed by atoms with Gasteiger partial charge in [-0.3, -0.25) is 9.63 Å². The summed E-state index contributed by atoms with van der Waals surface area (Å²) < 4.78 is 0. The van der Waals surface area contributed by atoms with Crippen LogP contribution < -0.4 is 5.73 Å². The lowest BCUT2D eigenvalue weighted by molar-refractivity contribution is -0.172. The van der Waals surface area contributed by atoms with Gasteiger partial charge >= 0.3 is 0 Å². The summed E-state index contributed by atoms with van der Waals surface area (Å²) in [6.07, 6.45) is 0.701. The minimum Gasteiger partial charge on any atom is -0.330 e. The quantitative estimate of drug-likeness (QED) is 0.588. The molecule has 1 atom stereocenters. The highest BCUT2D eigenvalue weighted by molar-refractivity contribution is 5.77. The fourth-order valence-corrected chi connectivity index (χ4v) is 0.774. The van der Waals surface area contributed by atoms with Crippen LogP contribution >= 0.6 is 0 Å². The van der Waals surface area contributed by atoms with Gasteiger partial charge in [0.2, 0.25) is 5.91 Å². The standard InChI is InChI=1S/C7H16N2O2/c1-6(4-5-8)7(10)9(2)11-3/h6H,4-5,8H2,1-3H3. The lowest BCUT2D eigenvalue weighted by Crippen LogP contribution is -2.31. The minimum absolute atomic E-state index is 0.0297. The van der Waals surface area contributed by atoms with Gasteiger partial charge in [0.05, 0.1) is 7.11 Å². The van der Waals surface area contributed by atoms with Crippen LogP contribution in [0, 0.1) is 5.92 Å². The van der Waals surface area contributed by atoms with E-state index in [0.717, 1.165) is 0 Å². The molecular formula is C7H16N2O2. The van der Waals surface area contributed by atoms with Crippen LogP contribution in [0.25, 0.3) is 0 Å². The third-order valence-electron chi connectivity index (χ3n) is 1.61. The molecule has 0 fully saturated rings. The van der Waals surface area contributed by atoms with Gasteiger partial charge in [0.15, 0.2) is 0 Å². The normalized spacial score (nSPS) is 12.7. The minimum atomic E-state index is -0.0510. The summed E-state index contributed by atoms with van der Waals surface area (Å²) in [7, 11) is 3.06. The lowest BCUT2D eigenvalue weighted by atomic mass is 10.1. The Labute approximate surface area is 67.3 Å². The number of hydrogen-bond acceptors (Lipinski definition) is 3. The zero-order valence-corrected chi connectivity index (χ0v) is 7.33. The first kappa shape index (κ1) is 10.4. The molecule has 11 heavy (non-hydrogen) atoms. The van der Waals surface area contributed by atoms with Crippen molar-refractivity contribution in [1.29, 1.82) is 0 Å². The smallest absolute Gasteiger partial charge is 0.248 e. The summed E-state index contributed by atoms with van der Waals surface area (Å²) in [6, 6.07) is 0. The molecule has 0 heterocycles. The molecule has 1 unspecified atom stereocenters. The van der Waals surface area contributed by atoms with Crippen LogP contribution in [0.1, 0.15) is 13.3 Å². The predicted molar refractivity (Wildman–Crippen MR) is 42.6 cm³/mol. The first-order valence-corrected chi connectivity index (χ1v) is 3.65. The zero-order valence-electron chi connectivity index (χ0n) is 7.33. The number of hydrogen-bond donors (Lipinski definition) is 1. The Hall–Kier alpha value is -0.610. The first-order chi connectivity index (χ1) is 5.13. The highest BCUT2D eigenvalue weighted by atomic mass is 16.7. The molecule has 0 aromatic heterocycles. The zero-order chi connectivity index (χ0) is 8.85. The van der Waals surface area contributed by atoms with E-state index in [1.807, 2.05) is 6.92 Å². The Balaban J connectivity index is 3.81. The molecule has 0 rings (SSSR count). The second-order valence-electron chi connectivity index (χ2n) is 2.50. The maximum absolute atomic E-state index is 11.2. The number of nitrogens with two attached hydrogens (primary N) is 1. The molecule has 2 N–H and O–H groups in total. The summed E-state index contributed by atoms with van der Waals surface area (Å²) in [4.78, 5) is 15.9. The number of carbonyl (C=O) groups is 1. The van der Waals surface area contributed by atoms with E-state index in [-0.39, 0.29) is 11.8 Å². The molecular weight excluding hydrogens is 144 g/mol. The van der Waals surface area contributed by atoms with Crippen LogP contribution in [0.15, 0.2) is 0 Å². The summed E-state index contributed by atoms with van der Waals surface area (Å²) in [6.45, 7) is 2.37. The highest BCUT2D eigenvalue weighted by Gasteiger charge is 2.15. The summed E-state index contributed by atoms with van der Waals surface area (Å²) in [5.41, 5.74) is 5.30. The van der Waals surface area contributed by atoms with Gasteiger partial charge in [0, 0.05) is 13.0 Å². The van der Waals surface area contributed by atoms with E-state index in [2.05, 4.69) is 0 Å². The fourth-order valence-electron chi connectivity index (χ4n) is 0.774. The topological polar surface area (TPSA) is 55.6 Å². The van der Waals surface area contributed by atoms with E-state index in [9.17, 15) is 4.79 Å². The molecule has 0 aliphatic rings. The van der Waals surface area contributed by atoms with E-state index < -0.39 is 0 Å². The average Bonchev–Trinajstić information content (AvgIpc) is 2.02. The van der Waals surface area contributed by atoms with Crippen LogP contribution in [-0.2, 0) is 9.63 Å². The molecule has 0 spiro atoms.